The van der Waals surface area contributed by atoms with Gasteiger partial charge in [-0.1, -0.05) is 48.5 Å². The lowest BCUT2D eigenvalue weighted by Gasteiger charge is -2.23. The van der Waals surface area contributed by atoms with Crippen molar-refractivity contribution in [3.05, 3.63) is 102 Å². The summed E-state index contributed by atoms with van der Waals surface area (Å²) in [6.45, 7) is 1.77. The number of carbonyl (C=O) groups excluding carboxylic acids is 2. The Morgan fingerprint density at radius 2 is 1.59 bits per heavy atom. The Balaban J connectivity index is 1.84. The predicted octanol–water partition coefficient (Wildman–Crippen LogP) is 5.29. The van der Waals surface area contributed by atoms with Crippen molar-refractivity contribution in [1.29, 1.82) is 0 Å². The van der Waals surface area contributed by atoms with E-state index in [-0.39, 0.29) is 17.4 Å². The number of benzene rings is 3. The van der Waals surface area contributed by atoms with Crippen LogP contribution in [-0.2, 0) is 6.54 Å². The molecule has 5 heteroatoms. The zero-order valence-electron chi connectivity index (χ0n) is 15.9. The minimum Gasteiger partial charge on any atom is -0.304 e. The lowest BCUT2D eigenvalue weighted by Crippen LogP contribution is -2.30. The molecule has 1 heterocycles. The first kappa shape index (κ1) is 18.6. The lowest BCUT2D eigenvalue weighted by atomic mass is 10.1. The Morgan fingerprint density at radius 3 is 2.24 bits per heavy atom. The molecule has 0 bridgehead atoms. The number of fused-ring (bicyclic) bond motifs is 1. The van der Waals surface area contributed by atoms with Crippen LogP contribution in [-0.4, -0.2) is 16.4 Å². The lowest BCUT2D eigenvalue weighted by molar-refractivity contribution is 0.0941. The zero-order valence-corrected chi connectivity index (χ0v) is 15.9. The summed E-state index contributed by atoms with van der Waals surface area (Å²) in [7, 11) is 0. The van der Waals surface area contributed by atoms with E-state index >= 15 is 0 Å². The summed E-state index contributed by atoms with van der Waals surface area (Å²) in [6.07, 6.45) is 1.50. The second-order valence-electron chi connectivity index (χ2n) is 6.81. The fraction of sp³-hybridized carbons (Fsp3) is 0.0833. The van der Waals surface area contributed by atoms with E-state index in [9.17, 15) is 14.0 Å². The molecule has 0 aliphatic rings. The number of amides is 1. The number of hydrogen-bond acceptors (Lipinski definition) is 2. The highest BCUT2D eigenvalue weighted by molar-refractivity contribution is 6.15. The van der Waals surface area contributed by atoms with Crippen molar-refractivity contribution < 1.29 is 14.0 Å². The maximum absolute atomic E-state index is 13.9. The predicted molar refractivity (Wildman–Crippen MR) is 112 cm³/mol. The molecule has 0 fully saturated rings. The molecule has 0 saturated heterocycles. The van der Waals surface area contributed by atoms with E-state index < -0.39 is 5.82 Å². The van der Waals surface area contributed by atoms with Crippen molar-refractivity contribution in [2.45, 2.75) is 13.5 Å². The van der Waals surface area contributed by atoms with Gasteiger partial charge in [0.15, 0.2) is 0 Å². The van der Waals surface area contributed by atoms with E-state index in [1.807, 2.05) is 60.7 Å². The number of halogens is 1. The molecule has 144 valence electrons. The number of rotatable bonds is 4. The number of anilines is 1. The number of hydrogen-bond donors (Lipinski definition) is 0. The van der Waals surface area contributed by atoms with Gasteiger partial charge in [-0.05, 0) is 35.9 Å². The molecule has 4 aromatic rings. The molecule has 0 atom stereocenters. The quantitative estimate of drug-likeness (QED) is 0.478. The van der Waals surface area contributed by atoms with Gasteiger partial charge in [0, 0.05) is 24.2 Å². The summed E-state index contributed by atoms with van der Waals surface area (Å²) < 4.78 is 15.3. The van der Waals surface area contributed by atoms with Crippen LogP contribution in [0.5, 0.6) is 0 Å². The van der Waals surface area contributed by atoms with Crippen molar-refractivity contribution in [3.63, 3.8) is 0 Å². The maximum atomic E-state index is 13.9. The fourth-order valence-corrected chi connectivity index (χ4v) is 3.43. The van der Waals surface area contributed by atoms with Gasteiger partial charge in [0.2, 0.25) is 5.91 Å². The van der Waals surface area contributed by atoms with E-state index in [1.165, 1.54) is 35.9 Å². The topological polar surface area (TPSA) is 42.3 Å². The van der Waals surface area contributed by atoms with Crippen molar-refractivity contribution in [2.75, 3.05) is 4.90 Å². The molecule has 29 heavy (non-hydrogen) atoms. The molecule has 0 saturated carbocycles. The smallest absolute Gasteiger partial charge is 0.260 e. The van der Waals surface area contributed by atoms with Crippen LogP contribution in [0.2, 0.25) is 0 Å². The Kier molecular flexibility index (Phi) is 4.96. The van der Waals surface area contributed by atoms with Crippen LogP contribution >= 0.6 is 0 Å². The van der Waals surface area contributed by atoms with Crippen molar-refractivity contribution in [2.24, 2.45) is 0 Å². The number of carbonyl (C=O) groups is 2. The first-order chi connectivity index (χ1) is 14.0. The Labute approximate surface area is 167 Å². The van der Waals surface area contributed by atoms with Gasteiger partial charge in [-0.3, -0.25) is 14.2 Å². The van der Waals surface area contributed by atoms with Crippen LogP contribution in [0.3, 0.4) is 0 Å². The molecular formula is C24H19FN2O2. The fourth-order valence-electron chi connectivity index (χ4n) is 3.43. The van der Waals surface area contributed by atoms with Gasteiger partial charge in [-0.15, -0.1) is 0 Å². The molecule has 4 rings (SSSR count). The first-order valence-electron chi connectivity index (χ1n) is 9.27. The van der Waals surface area contributed by atoms with Gasteiger partial charge in [-0.25, -0.2) is 4.39 Å². The first-order valence-corrected chi connectivity index (χ1v) is 9.27. The second kappa shape index (κ2) is 7.72. The standard InChI is InChI=1S/C24H19FN2O2/c1-17(28)26-16-22(21-14-19(25)12-13-23(21)26)24(29)27(20-10-6-3-7-11-20)15-18-8-4-2-5-9-18/h2-14,16H,15H2,1H3. The SMILES string of the molecule is CC(=O)n1cc(C(=O)N(Cc2ccccc2)c2ccccc2)c2cc(F)ccc21. The molecule has 0 N–H and O–H groups in total. The molecule has 0 radical (unpaired) electrons. The van der Waals surface area contributed by atoms with Crippen LogP contribution in [0.15, 0.2) is 85.1 Å². The average Bonchev–Trinajstić information content (AvgIpc) is 3.12. The summed E-state index contributed by atoms with van der Waals surface area (Å²) in [6, 6.07) is 23.1. The number of para-hydroxylation sites is 1. The minimum absolute atomic E-state index is 0.241. The molecular weight excluding hydrogens is 367 g/mol. The molecule has 4 nitrogen and oxygen atoms in total. The van der Waals surface area contributed by atoms with Gasteiger partial charge in [0.05, 0.1) is 17.6 Å². The highest BCUT2D eigenvalue weighted by Crippen LogP contribution is 2.27. The molecule has 0 aliphatic heterocycles. The summed E-state index contributed by atoms with van der Waals surface area (Å²) in [5.41, 5.74) is 2.48. The zero-order chi connectivity index (χ0) is 20.4. The largest absolute Gasteiger partial charge is 0.304 e. The van der Waals surface area contributed by atoms with E-state index in [0.29, 0.717) is 17.4 Å². The normalized spacial score (nSPS) is 10.8. The van der Waals surface area contributed by atoms with Crippen LogP contribution in [0.1, 0.15) is 27.6 Å². The summed E-state index contributed by atoms with van der Waals surface area (Å²) in [5.74, 6) is -0.993. The van der Waals surface area contributed by atoms with Crippen LogP contribution in [0, 0.1) is 5.82 Å². The molecule has 1 amide bonds. The van der Waals surface area contributed by atoms with Crippen LogP contribution in [0.25, 0.3) is 10.9 Å². The third-order valence-electron chi connectivity index (χ3n) is 4.83. The van der Waals surface area contributed by atoms with E-state index in [2.05, 4.69) is 0 Å². The van der Waals surface area contributed by atoms with Crippen molar-refractivity contribution in [1.82, 2.24) is 4.57 Å². The van der Waals surface area contributed by atoms with Gasteiger partial charge < -0.3 is 4.90 Å². The number of aromatic nitrogens is 1. The number of nitrogens with zero attached hydrogens (tertiary/aromatic N) is 2. The monoisotopic (exact) mass is 386 g/mol. The average molecular weight is 386 g/mol. The minimum atomic E-state index is -0.456. The Morgan fingerprint density at radius 1 is 0.931 bits per heavy atom. The van der Waals surface area contributed by atoms with E-state index in [1.54, 1.807) is 4.90 Å². The van der Waals surface area contributed by atoms with Gasteiger partial charge >= 0.3 is 0 Å². The third-order valence-corrected chi connectivity index (χ3v) is 4.83. The Bertz CT molecular complexity index is 1180. The van der Waals surface area contributed by atoms with Gasteiger partial charge in [0.1, 0.15) is 5.82 Å². The molecule has 0 spiro atoms. The maximum Gasteiger partial charge on any atom is 0.260 e. The van der Waals surface area contributed by atoms with Gasteiger partial charge in [0.25, 0.3) is 5.91 Å². The molecule has 1 aromatic heterocycles. The summed E-state index contributed by atoms with van der Waals surface area (Å²) >= 11 is 0. The summed E-state index contributed by atoms with van der Waals surface area (Å²) in [4.78, 5) is 27.3. The van der Waals surface area contributed by atoms with E-state index in [0.717, 1.165) is 11.3 Å². The molecule has 0 aliphatic carbocycles. The highest BCUT2D eigenvalue weighted by Gasteiger charge is 2.23. The third kappa shape index (κ3) is 3.67. The summed E-state index contributed by atoms with van der Waals surface area (Å²) in [5, 5.41) is 0.416. The highest BCUT2D eigenvalue weighted by atomic mass is 19.1. The van der Waals surface area contributed by atoms with Crippen LogP contribution < -0.4 is 4.90 Å². The van der Waals surface area contributed by atoms with Crippen molar-refractivity contribution in [3.8, 4) is 0 Å². The van der Waals surface area contributed by atoms with Crippen molar-refractivity contribution >= 4 is 28.4 Å². The van der Waals surface area contributed by atoms with E-state index in [4.69, 9.17) is 0 Å². The Hall–Kier alpha value is -3.73. The molecule has 0 unspecified atom stereocenters. The second-order valence-corrected chi connectivity index (χ2v) is 6.81. The van der Waals surface area contributed by atoms with Crippen LogP contribution in [0.4, 0.5) is 10.1 Å². The molecule has 3 aromatic carbocycles. The van der Waals surface area contributed by atoms with Gasteiger partial charge in [-0.2, -0.15) is 0 Å².